The minimum Gasteiger partial charge on any atom is -0.478 e. The summed E-state index contributed by atoms with van der Waals surface area (Å²) in [5.41, 5.74) is 2.11. The quantitative estimate of drug-likeness (QED) is 0.897. The lowest BCUT2D eigenvalue weighted by atomic mass is 10.1. The van der Waals surface area contributed by atoms with E-state index >= 15 is 0 Å². The highest BCUT2D eigenvalue weighted by Gasteiger charge is 2.09. The molecule has 0 radical (unpaired) electrons. The Labute approximate surface area is 124 Å². The van der Waals surface area contributed by atoms with Crippen LogP contribution in [0.25, 0.3) is 0 Å². The minimum absolute atomic E-state index is 0.258. The third-order valence-electron chi connectivity index (χ3n) is 2.82. The number of benzene rings is 2. The van der Waals surface area contributed by atoms with Crippen LogP contribution >= 0.6 is 15.9 Å². The van der Waals surface area contributed by atoms with Gasteiger partial charge in [0.15, 0.2) is 0 Å². The zero-order valence-corrected chi connectivity index (χ0v) is 12.0. The molecule has 0 saturated heterocycles. The van der Waals surface area contributed by atoms with Crippen LogP contribution in [-0.2, 0) is 6.54 Å². The van der Waals surface area contributed by atoms with Gasteiger partial charge in [-0.3, -0.25) is 0 Å². The topological polar surface area (TPSA) is 73.1 Å². The second kappa shape index (κ2) is 6.22. The molecule has 0 aliphatic rings. The molecule has 0 bridgehead atoms. The van der Waals surface area contributed by atoms with Gasteiger partial charge in [0.25, 0.3) is 0 Å². The van der Waals surface area contributed by atoms with Crippen LogP contribution in [-0.4, -0.2) is 11.1 Å². The van der Waals surface area contributed by atoms with Gasteiger partial charge in [-0.15, -0.1) is 0 Å². The van der Waals surface area contributed by atoms with Gasteiger partial charge >= 0.3 is 5.97 Å². The first kappa shape index (κ1) is 14.1. The Morgan fingerprint density at radius 3 is 2.75 bits per heavy atom. The van der Waals surface area contributed by atoms with Gasteiger partial charge in [-0.25, -0.2) is 4.79 Å². The van der Waals surface area contributed by atoms with Crippen molar-refractivity contribution in [1.29, 1.82) is 5.26 Å². The number of halogens is 1. The van der Waals surface area contributed by atoms with Crippen molar-refractivity contribution >= 4 is 27.6 Å². The number of nitrogens with zero attached hydrogens (tertiary/aromatic N) is 1. The summed E-state index contributed by atoms with van der Waals surface area (Å²) in [7, 11) is 0. The largest absolute Gasteiger partial charge is 0.478 e. The molecule has 0 saturated carbocycles. The van der Waals surface area contributed by atoms with E-state index in [0.29, 0.717) is 23.4 Å². The van der Waals surface area contributed by atoms with E-state index in [1.807, 2.05) is 0 Å². The number of carbonyl (C=O) groups is 1. The third kappa shape index (κ3) is 3.16. The maximum atomic E-state index is 11.1. The predicted octanol–water partition coefficient (Wildman–Crippen LogP) is 3.63. The maximum absolute atomic E-state index is 11.1. The number of hydrogen-bond acceptors (Lipinski definition) is 3. The van der Waals surface area contributed by atoms with Gasteiger partial charge in [-0.2, -0.15) is 5.26 Å². The van der Waals surface area contributed by atoms with Gasteiger partial charge in [0.05, 0.1) is 16.8 Å². The summed E-state index contributed by atoms with van der Waals surface area (Å²) in [6, 6.07) is 14.2. The zero-order chi connectivity index (χ0) is 14.5. The molecule has 0 amide bonds. The summed E-state index contributed by atoms with van der Waals surface area (Å²) in [6.45, 7) is 0.341. The Kier molecular flexibility index (Phi) is 4.38. The standard InChI is InChI=1S/C15H11BrN2O2/c16-12-6-5-10(8-17)14(7-12)18-9-11-3-1-2-4-13(11)15(19)20/h1-7,18H,9H2,(H,19,20). The zero-order valence-electron chi connectivity index (χ0n) is 10.4. The molecule has 2 N–H and O–H groups in total. The Morgan fingerprint density at radius 1 is 1.30 bits per heavy atom. The van der Waals surface area contributed by atoms with Crippen molar-refractivity contribution in [1.82, 2.24) is 0 Å². The molecule has 2 aromatic carbocycles. The van der Waals surface area contributed by atoms with E-state index in [9.17, 15) is 4.79 Å². The lowest BCUT2D eigenvalue weighted by molar-refractivity contribution is 0.0696. The first-order chi connectivity index (χ1) is 9.61. The average molecular weight is 331 g/mol. The number of aromatic carboxylic acids is 1. The second-order valence-electron chi connectivity index (χ2n) is 4.12. The monoisotopic (exact) mass is 330 g/mol. The van der Waals surface area contributed by atoms with Crippen LogP contribution in [0.1, 0.15) is 21.5 Å². The fourth-order valence-electron chi connectivity index (χ4n) is 1.83. The molecule has 0 heterocycles. The molecule has 0 aromatic heterocycles. The molecule has 0 aliphatic carbocycles. The lowest BCUT2D eigenvalue weighted by Crippen LogP contribution is -2.07. The van der Waals surface area contributed by atoms with E-state index in [1.165, 1.54) is 0 Å². The van der Waals surface area contributed by atoms with Crippen molar-refractivity contribution in [3.63, 3.8) is 0 Å². The first-order valence-electron chi connectivity index (χ1n) is 5.86. The summed E-state index contributed by atoms with van der Waals surface area (Å²) in [6.07, 6.45) is 0. The summed E-state index contributed by atoms with van der Waals surface area (Å²) in [4.78, 5) is 11.1. The van der Waals surface area contributed by atoms with E-state index in [-0.39, 0.29) is 5.56 Å². The number of carboxylic acid groups (broad SMARTS) is 1. The van der Waals surface area contributed by atoms with Crippen LogP contribution in [0.5, 0.6) is 0 Å². The highest BCUT2D eigenvalue weighted by Crippen LogP contribution is 2.22. The molecule has 0 spiro atoms. The summed E-state index contributed by atoms with van der Waals surface area (Å²) in [5, 5.41) is 21.3. The minimum atomic E-state index is -0.961. The van der Waals surface area contributed by atoms with Crippen LogP contribution in [0.2, 0.25) is 0 Å². The molecule has 4 nitrogen and oxygen atoms in total. The fourth-order valence-corrected chi connectivity index (χ4v) is 2.19. The molecule has 100 valence electrons. The van der Waals surface area contributed by atoms with Gasteiger partial charge in [0.1, 0.15) is 6.07 Å². The molecule has 0 atom stereocenters. The SMILES string of the molecule is N#Cc1ccc(Br)cc1NCc1ccccc1C(=O)O. The molecule has 0 aliphatic heterocycles. The molecule has 20 heavy (non-hydrogen) atoms. The van der Waals surface area contributed by atoms with Crippen molar-refractivity contribution in [3.8, 4) is 6.07 Å². The Bertz CT molecular complexity index is 693. The summed E-state index contributed by atoms with van der Waals surface area (Å²) < 4.78 is 0.852. The van der Waals surface area contributed by atoms with E-state index in [0.717, 1.165) is 4.47 Å². The van der Waals surface area contributed by atoms with Crippen LogP contribution in [0.4, 0.5) is 5.69 Å². The number of anilines is 1. The van der Waals surface area contributed by atoms with E-state index in [4.69, 9.17) is 10.4 Å². The van der Waals surface area contributed by atoms with Gasteiger partial charge in [-0.05, 0) is 29.8 Å². The van der Waals surface area contributed by atoms with Crippen molar-refractivity contribution in [2.45, 2.75) is 6.54 Å². The molecule has 0 fully saturated rings. The number of carboxylic acids is 1. The predicted molar refractivity (Wildman–Crippen MR) is 79.6 cm³/mol. The second-order valence-corrected chi connectivity index (χ2v) is 5.03. The van der Waals surface area contributed by atoms with Gasteiger partial charge in [-0.1, -0.05) is 34.1 Å². The van der Waals surface area contributed by atoms with Crippen molar-refractivity contribution in [3.05, 3.63) is 63.6 Å². The normalized spacial score (nSPS) is 9.80. The Hall–Kier alpha value is -2.32. The molecule has 0 unspecified atom stereocenters. The highest BCUT2D eigenvalue weighted by molar-refractivity contribution is 9.10. The van der Waals surface area contributed by atoms with E-state index < -0.39 is 5.97 Å². The summed E-state index contributed by atoms with van der Waals surface area (Å²) in [5.74, 6) is -0.961. The molecule has 5 heteroatoms. The van der Waals surface area contributed by atoms with Gasteiger partial charge in [0.2, 0.25) is 0 Å². The Morgan fingerprint density at radius 2 is 2.05 bits per heavy atom. The Balaban J connectivity index is 2.24. The van der Waals surface area contributed by atoms with Crippen molar-refractivity contribution < 1.29 is 9.90 Å². The maximum Gasteiger partial charge on any atom is 0.336 e. The van der Waals surface area contributed by atoms with Crippen LogP contribution < -0.4 is 5.32 Å². The third-order valence-corrected chi connectivity index (χ3v) is 3.31. The molecule has 2 aromatic rings. The smallest absolute Gasteiger partial charge is 0.336 e. The van der Waals surface area contributed by atoms with E-state index in [2.05, 4.69) is 27.3 Å². The number of rotatable bonds is 4. The lowest BCUT2D eigenvalue weighted by Gasteiger charge is -2.10. The van der Waals surface area contributed by atoms with Crippen LogP contribution in [0.15, 0.2) is 46.9 Å². The van der Waals surface area contributed by atoms with Gasteiger partial charge < -0.3 is 10.4 Å². The summed E-state index contributed by atoms with van der Waals surface area (Å²) >= 11 is 3.35. The first-order valence-corrected chi connectivity index (χ1v) is 6.66. The van der Waals surface area contributed by atoms with Crippen molar-refractivity contribution in [2.75, 3.05) is 5.32 Å². The molecule has 2 rings (SSSR count). The fraction of sp³-hybridized carbons (Fsp3) is 0.0667. The molecular formula is C15H11BrN2O2. The number of nitrogens with one attached hydrogen (secondary N) is 1. The molecular weight excluding hydrogens is 320 g/mol. The highest BCUT2D eigenvalue weighted by atomic mass is 79.9. The van der Waals surface area contributed by atoms with Crippen LogP contribution in [0.3, 0.4) is 0 Å². The number of nitriles is 1. The van der Waals surface area contributed by atoms with E-state index in [1.54, 1.807) is 42.5 Å². The van der Waals surface area contributed by atoms with Gasteiger partial charge in [0, 0.05) is 11.0 Å². The average Bonchev–Trinajstić information content (AvgIpc) is 2.45. The van der Waals surface area contributed by atoms with Crippen LogP contribution in [0, 0.1) is 11.3 Å². The van der Waals surface area contributed by atoms with Crippen molar-refractivity contribution in [2.24, 2.45) is 0 Å². The number of hydrogen-bond donors (Lipinski definition) is 2.